The van der Waals surface area contributed by atoms with E-state index in [1.165, 1.54) is 44.2 Å². The summed E-state index contributed by atoms with van der Waals surface area (Å²) in [6.45, 7) is 4.69. The fourth-order valence-corrected chi connectivity index (χ4v) is 8.35. The monoisotopic (exact) mass is 653 g/mol. The SMILES string of the molecule is CC1(C)c2ccccc2-c2ccc(-c3ccc(N(c4ccccc4-c4cccc5c4oc4ccccc45)c4cccc5ccccc45)cc3)cc21. The van der Waals surface area contributed by atoms with Crippen LogP contribution < -0.4 is 4.90 Å². The number of benzene rings is 8. The number of anilines is 3. The Morgan fingerprint density at radius 1 is 0.431 bits per heavy atom. The molecule has 242 valence electrons. The van der Waals surface area contributed by atoms with Crippen LogP contribution in [0.3, 0.4) is 0 Å². The molecule has 0 N–H and O–H groups in total. The minimum absolute atomic E-state index is 0.0422. The minimum atomic E-state index is -0.0422. The summed E-state index contributed by atoms with van der Waals surface area (Å²) in [5, 5.41) is 4.66. The summed E-state index contributed by atoms with van der Waals surface area (Å²) in [7, 11) is 0. The number of fused-ring (bicyclic) bond motifs is 7. The molecule has 51 heavy (non-hydrogen) atoms. The minimum Gasteiger partial charge on any atom is -0.455 e. The molecule has 9 aromatic rings. The van der Waals surface area contributed by atoms with Crippen LogP contribution in [0, 0.1) is 0 Å². The average Bonchev–Trinajstić information content (AvgIpc) is 3.68. The standard InChI is InChI=1S/C49H35NO/c1-49(2)43-21-8-5-16-37(43)38-30-27-34(31-44(38)49)32-25-28-35(29-26-32)50(45-23-11-14-33-13-3-4-15-36(33)45)46-22-9-6-17-39(46)41-19-12-20-42-40-18-7-10-24-47(40)51-48(41)42/h3-31H,1-2H3. The van der Waals surface area contributed by atoms with Gasteiger partial charge in [0, 0.05) is 38.4 Å². The van der Waals surface area contributed by atoms with Crippen molar-refractivity contribution < 1.29 is 4.42 Å². The zero-order valence-corrected chi connectivity index (χ0v) is 28.6. The first-order valence-electron chi connectivity index (χ1n) is 17.7. The van der Waals surface area contributed by atoms with Crippen LogP contribution in [0.2, 0.25) is 0 Å². The van der Waals surface area contributed by atoms with Crippen LogP contribution in [0.25, 0.3) is 66.1 Å². The van der Waals surface area contributed by atoms with E-state index >= 15 is 0 Å². The van der Waals surface area contributed by atoms with Gasteiger partial charge in [0.25, 0.3) is 0 Å². The molecule has 0 amide bonds. The van der Waals surface area contributed by atoms with E-state index in [0.717, 1.165) is 50.1 Å². The molecule has 0 fully saturated rings. The van der Waals surface area contributed by atoms with Crippen molar-refractivity contribution in [3.63, 3.8) is 0 Å². The van der Waals surface area contributed by atoms with Gasteiger partial charge in [-0.15, -0.1) is 0 Å². The van der Waals surface area contributed by atoms with Gasteiger partial charge in [-0.05, 0) is 75.2 Å². The lowest BCUT2D eigenvalue weighted by atomic mass is 9.81. The molecule has 2 nitrogen and oxygen atoms in total. The Labute approximate surface area is 297 Å². The summed E-state index contributed by atoms with van der Waals surface area (Å²) >= 11 is 0. The molecule has 2 heteroatoms. The first kappa shape index (κ1) is 29.5. The number of furan rings is 1. The first-order chi connectivity index (χ1) is 25.1. The Bertz CT molecular complexity index is 2780. The molecule has 1 aromatic heterocycles. The van der Waals surface area contributed by atoms with Crippen molar-refractivity contribution in [3.8, 4) is 33.4 Å². The van der Waals surface area contributed by atoms with Gasteiger partial charge in [0.05, 0.1) is 11.4 Å². The van der Waals surface area contributed by atoms with Gasteiger partial charge >= 0.3 is 0 Å². The fraction of sp³-hybridized carbons (Fsp3) is 0.0612. The normalized spacial score (nSPS) is 13.1. The number of nitrogens with zero attached hydrogens (tertiary/aromatic N) is 1. The molecule has 1 aliphatic rings. The van der Waals surface area contributed by atoms with E-state index in [1.54, 1.807) is 0 Å². The van der Waals surface area contributed by atoms with E-state index in [-0.39, 0.29) is 5.41 Å². The van der Waals surface area contributed by atoms with Crippen LogP contribution in [-0.2, 0) is 5.41 Å². The van der Waals surface area contributed by atoms with Gasteiger partial charge in [-0.1, -0.05) is 153 Å². The lowest BCUT2D eigenvalue weighted by Crippen LogP contribution is -2.14. The van der Waals surface area contributed by atoms with Crippen LogP contribution in [0.5, 0.6) is 0 Å². The Morgan fingerprint density at radius 3 is 1.92 bits per heavy atom. The van der Waals surface area contributed by atoms with Gasteiger partial charge in [0.15, 0.2) is 0 Å². The Morgan fingerprint density at radius 2 is 1.04 bits per heavy atom. The van der Waals surface area contributed by atoms with Crippen LogP contribution in [-0.4, -0.2) is 0 Å². The molecule has 0 unspecified atom stereocenters. The van der Waals surface area contributed by atoms with E-state index in [9.17, 15) is 0 Å². The number of rotatable bonds is 5. The molecule has 0 aliphatic heterocycles. The second kappa shape index (κ2) is 11.3. The molecule has 0 radical (unpaired) electrons. The van der Waals surface area contributed by atoms with Gasteiger partial charge in [-0.25, -0.2) is 0 Å². The third kappa shape index (κ3) is 4.57. The third-order valence-corrected chi connectivity index (χ3v) is 10.9. The highest BCUT2D eigenvalue weighted by Gasteiger charge is 2.35. The van der Waals surface area contributed by atoms with Gasteiger partial charge in [-0.3, -0.25) is 0 Å². The van der Waals surface area contributed by atoms with Crippen LogP contribution in [0.1, 0.15) is 25.0 Å². The topological polar surface area (TPSA) is 16.4 Å². The molecular formula is C49H35NO. The Hall–Kier alpha value is -6.38. The summed E-state index contributed by atoms with van der Waals surface area (Å²) in [4.78, 5) is 2.41. The van der Waals surface area contributed by atoms with Crippen LogP contribution in [0.15, 0.2) is 180 Å². The quantitative estimate of drug-likeness (QED) is 0.184. The molecular weight excluding hydrogens is 619 g/mol. The van der Waals surface area contributed by atoms with Crippen molar-refractivity contribution in [2.45, 2.75) is 19.3 Å². The molecule has 1 heterocycles. The zero-order valence-electron chi connectivity index (χ0n) is 28.6. The van der Waals surface area contributed by atoms with Gasteiger partial charge in [-0.2, -0.15) is 0 Å². The maximum Gasteiger partial charge on any atom is 0.143 e. The molecule has 0 atom stereocenters. The second-order valence-electron chi connectivity index (χ2n) is 14.1. The highest BCUT2D eigenvalue weighted by atomic mass is 16.3. The van der Waals surface area contributed by atoms with E-state index in [0.29, 0.717) is 0 Å². The number of para-hydroxylation sites is 3. The van der Waals surface area contributed by atoms with Crippen molar-refractivity contribution in [1.82, 2.24) is 0 Å². The summed E-state index contributed by atoms with van der Waals surface area (Å²) in [5.74, 6) is 0. The molecule has 8 aromatic carbocycles. The van der Waals surface area contributed by atoms with Crippen LogP contribution in [0.4, 0.5) is 17.1 Å². The Kier molecular flexibility index (Phi) is 6.56. The lowest BCUT2D eigenvalue weighted by molar-refractivity contribution is 0.660. The molecule has 0 saturated heterocycles. The van der Waals surface area contributed by atoms with E-state index < -0.39 is 0 Å². The van der Waals surface area contributed by atoms with E-state index in [4.69, 9.17) is 4.42 Å². The molecule has 0 bridgehead atoms. The smallest absolute Gasteiger partial charge is 0.143 e. The fourth-order valence-electron chi connectivity index (χ4n) is 8.35. The highest BCUT2D eigenvalue weighted by Crippen LogP contribution is 2.50. The predicted molar refractivity (Wildman–Crippen MR) is 214 cm³/mol. The van der Waals surface area contributed by atoms with Gasteiger partial charge in [0.1, 0.15) is 11.2 Å². The number of hydrogen-bond donors (Lipinski definition) is 0. The Balaban J connectivity index is 1.14. The predicted octanol–water partition coefficient (Wildman–Crippen LogP) is 13.8. The summed E-state index contributed by atoms with van der Waals surface area (Å²) in [6.07, 6.45) is 0. The lowest BCUT2D eigenvalue weighted by Gasteiger charge is -2.29. The first-order valence-corrected chi connectivity index (χ1v) is 17.7. The molecule has 0 saturated carbocycles. The summed E-state index contributed by atoms with van der Waals surface area (Å²) in [6, 6.07) is 63.6. The summed E-state index contributed by atoms with van der Waals surface area (Å²) < 4.78 is 6.57. The molecule has 1 aliphatic carbocycles. The van der Waals surface area contributed by atoms with Crippen molar-refractivity contribution in [1.29, 1.82) is 0 Å². The van der Waals surface area contributed by atoms with Crippen LogP contribution >= 0.6 is 0 Å². The largest absolute Gasteiger partial charge is 0.455 e. The van der Waals surface area contributed by atoms with E-state index in [1.807, 2.05) is 6.07 Å². The van der Waals surface area contributed by atoms with Crippen molar-refractivity contribution in [2.75, 3.05) is 4.90 Å². The van der Waals surface area contributed by atoms with E-state index in [2.05, 4.69) is 189 Å². The third-order valence-electron chi connectivity index (χ3n) is 10.9. The highest BCUT2D eigenvalue weighted by molar-refractivity contribution is 6.11. The average molecular weight is 654 g/mol. The van der Waals surface area contributed by atoms with Crippen molar-refractivity contribution in [2.24, 2.45) is 0 Å². The van der Waals surface area contributed by atoms with Gasteiger partial charge < -0.3 is 9.32 Å². The molecule has 10 rings (SSSR count). The van der Waals surface area contributed by atoms with Crippen molar-refractivity contribution in [3.05, 3.63) is 187 Å². The summed E-state index contributed by atoms with van der Waals surface area (Å²) in [5.41, 5.74) is 15.2. The second-order valence-corrected chi connectivity index (χ2v) is 14.1. The molecule has 0 spiro atoms. The zero-order chi connectivity index (χ0) is 34.1. The maximum absolute atomic E-state index is 6.57. The number of hydrogen-bond acceptors (Lipinski definition) is 2. The van der Waals surface area contributed by atoms with Crippen molar-refractivity contribution >= 4 is 49.8 Å². The van der Waals surface area contributed by atoms with Gasteiger partial charge in [0.2, 0.25) is 0 Å². The maximum atomic E-state index is 6.57.